The predicted octanol–water partition coefficient (Wildman–Crippen LogP) is 3.37. The lowest BCUT2D eigenvalue weighted by atomic mass is 10.0. The molecule has 0 aromatic heterocycles. The number of carbonyl (C=O) groups is 1. The van der Waals surface area contributed by atoms with E-state index < -0.39 is 23.5 Å². The first-order valence-electron chi connectivity index (χ1n) is 5.33. The first-order chi connectivity index (χ1) is 7.99. The molecule has 2 unspecified atom stereocenters. The smallest absolute Gasteiger partial charge is 0.193 e. The van der Waals surface area contributed by atoms with Crippen LogP contribution in [-0.4, -0.2) is 18.0 Å². The Labute approximate surface area is 103 Å². The molecule has 1 heterocycles. The molecule has 0 saturated carbocycles. The van der Waals surface area contributed by atoms with Gasteiger partial charge in [0.25, 0.3) is 0 Å². The highest BCUT2D eigenvalue weighted by molar-refractivity contribution is 6.34. The van der Waals surface area contributed by atoms with Gasteiger partial charge in [0.05, 0.1) is 11.1 Å². The molecule has 2 atom stereocenters. The van der Waals surface area contributed by atoms with Crippen LogP contribution in [0.4, 0.5) is 8.78 Å². The molecule has 1 saturated heterocycles. The quantitative estimate of drug-likeness (QED) is 0.602. The van der Waals surface area contributed by atoms with Crippen LogP contribution in [0.3, 0.4) is 0 Å². The Balaban J connectivity index is 2.28. The van der Waals surface area contributed by atoms with Gasteiger partial charge in [-0.1, -0.05) is 11.6 Å². The van der Waals surface area contributed by atoms with Gasteiger partial charge < -0.3 is 4.74 Å². The number of hydrogen-bond acceptors (Lipinski definition) is 2. The number of hydrogen-bond donors (Lipinski definition) is 0. The summed E-state index contributed by atoms with van der Waals surface area (Å²) < 4.78 is 31.3. The van der Waals surface area contributed by atoms with E-state index in [9.17, 15) is 13.6 Å². The van der Waals surface area contributed by atoms with Gasteiger partial charge >= 0.3 is 0 Å². The molecule has 0 aliphatic carbocycles. The predicted molar refractivity (Wildman–Crippen MR) is 59.3 cm³/mol. The Morgan fingerprint density at radius 3 is 2.59 bits per heavy atom. The van der Waals surface area contributed by atoms with Crippen LogP contribution in [0.25, 0.3) is 0 Å². The molecule has 1 aromatic rings. The Morgan fingerprint density at radius 1 is 1.35 bits per heavy atom. The van der Waals surface area contributed by atoms with Crippen molar-refractivity contribution in [2.45, 2.75) is 32.0 Å². The van der Waals surface area contributed by atoms with Crippen LogP contribution in [0.15, 0.2) is 12.1 Å². The standard InChI is InChI=1S/C12H11ClF2O2/c1-6-2-3-11(17-6)12(16)7-4-9(14)10(15)5-8(7)13/h4-6,11H,2-3H2,1H3. The van der Waals surface area contributed by atoms with Crippen molar-refractivity contribution in [2.75, 3.05) is 0 Å². The summed E-state index contributed by atoms with van der Waals surface area (Å²) in [5.74, 6) is -2.53. The summed E-state index contributed by atoms with van der Waals surface area (Å²) in [6.45, 7) is 1.86. The third-order valence-electron chi connectivity index (χ3n) is 2.80. The zero-order valence-corrected chi connectivity index (χ0v) is 9.93. The molecular weight excluding hydrogens is 250 g/mol. The Kier molecular flexibility index (Phi) is 3.45. The van der Waals surface area contributed by atoms with E-state index in [2.05, 4.69) is 0 Å². The molecule has 0 amide bonds. The number of rotatable bonds is 2. The van der Waals surface area contributed by atoms with Gasteiger partial charge in [-0.25, -0.2) is 8.78 Å². The number of carbonyl (C=O) groups excluding carboxylic acids is 1. The molecule has 1 aromatic carbocycles. The topological polar surface area (TPSA) is 26.3 Å². The highest BCUT2D eigenvalue weighted by Gasteiger charge is 2.30. The summed E-state index contributed by atoms with van der Waals surface area (Å²) in [6, 6.07) is 1.63. The van der Waals surface area contributed by atoms with Crippen LogP contribution in [-0.2, 0) is 4.74 Å². The number of halogens is 3. The minimum Gasteiger partial charge on any atom is -0.367 e. The van der Waals surface area contributed by atoms with E-state index in [1.807, 2.05) is 6.92 Å². The summed E-state index contributed by atoms with van der Waals surface area (Å²) in [6.07, 6.45) is 0.757. The van der Waals surface area contributed by atoms with Crippen LogP contribution >= 0.6 is 11.6 Å². The summed E-state index contributed by atoms with van der Waals surface area (Å²) in [7, 11) is 0. The van der Waals surface area contributed by atoms with Crippen LogP contribution in [0.1, 0.15) is 30.1 Å². The first kappa shape index (κ1) is 12.5. The highest BCUT2D eigenvalue weighted by atomic mass is 35.5. The minimum atomic E-state index is -1.08. The molecule has 92 valence electrons. The summed E-state index contributed by atoms with van der Waals surface area (Å²) in [5, 5.41) is -0.0861. The fourth-order valence-corrected chi connectivity index (χ4v) is 2.12. The second-order valence-corrected chi connectivity index (χ2v) is 4.53. The fraction of sp³-hybridized carbons (Fsp3) is 0.417. The molecule has 2 nitrogen and oxygen atoms in total. The van der Waals surface area contributed by atoms with Crippen molar-refractivity contribution < 1.29 is 18.3 Å². The van der Waals surface area contributed by atoms with E-state index in [1.54, 1.807) is 0 Å². The van der Waals surface area contributed by atoms with Crippen molar-refractivity contribution in [1.82, 2.24) is 0 Å². The van der Waals surface area contributed by atoms with Crippen LogP contribution in [0, 0.1) is 11.6 Å². The largest absolute Gasteiger partial charge is 0.367 e. The van der Waals surface area contributed by atoms with Crippen molar-refractivity contribution in [3.8, 4) is 0 Å². The second-order valence-electron chi connectivity index (χ2n) is 4.12. The molecule has 1 aliphatic heterocycles. The Morgan fingerprint density at radius 2 is 2.00 bits per heavy atom. The first-order valence-corrected chi connectivity index (χ1v) is 5.71. The molecule has 1 fully saturated rings. The molecule has 0 N–H and O–H groups in total. The SMILES string of the molecule is CC1CCC(C(=O)c2cc(F)c(F)cc2Cl)O1. The third kappa shape index (κ3) is 2.48. The molecule has 0 spiro atoms. The molecule has 5 heteroatoms. The van der Waals surface area contributed by atoms with Crippen molar-refractivity contribution in [3.05, 3.63) is 34.4 Å². The van der Waals surface area contributed by atoms with Gasteiger partial charge in [-0.3, -0.25) is 4.79 Å². The lowest BCUT2D eigenvalue weighted by Crippen LogP contribution is -2.21. The monoisotopic (exact) mass is 260 g/mol. The fourth-order valence-electron chi connectivity index (χ4n) is 1.88. The van der Waals surface area contributed by atoms with Crippen LogP contribution < -0.4 is 0 Å². The summed E-state index contributed by atoms with van der Waals surface area (Å²) >= 11 is 5.73. The Hall–Kier alpha value is -1.00. The van der Waals surface area contributed by atoms with Gasteiger partial charge in [-0.15, -0.1) is 0 Å². The highest BCUT2D eigenvalue weighted by Crippen LogP contribution is 2.27. The maximum absolute atomic E-state index is 13.1. The van der Waals surface area contributed by atoms with Crippen LogP contribution in [0.5, 0.6) is 0 Å². The zero-order chi connectivity index (χ0) is 12.6. The van der Waals surface area contributed by atoms with Gasteiger partial charge in [-0.05, 0) is 31.9 Å². The summed E-state index contributed by atoms with van der Waals surface area (Å²) in [4.78, 5) is 12.0. The van der Waals surface area contributed by atoms with E-state index in [0.717, 1.165) is 18.6 Å². The molecule has 0 radical (unpaired) electrons. The van der Waals surface area contributed by atoms with Gasteiger partial charge in [0.15, 0.2) is 17.4 Å². The maximum Gasteiger partial charge on any atom is 0.193 e. The van der Waals surface area contributed by atoms with Crippen molar-refractivity contribution >= 4 is 17.4 Å². The van der Waals surface area contributed by atoms with Crippen LogP contribution in [0.2, 0.25) is 5.02 Å². The van der Waals surface area contributed by atoms with E-state index in [-0.39, 0.29) is 16.7 Å². The summed E-state index contributed by atoms with van der Waals surface area (Å²) in [5.41, 5.74) is -0.0235. The Bertz CT molecular complexity index is 462. The number of ether oxygens (including phenoxy) is 1. The minimum absolute atomic E-state index is 0.00743. The van der Waals surface area contributed by atoms with E-state index in [1.165, 1.54) is 0 Å². The molecule has 2 rings (SSSR count). The molecule has 0 bridgehead atoms. The van der Waals surface area contributed by atoms with Gasteiger partial charge in [0.2, 0.25) is 0 Å². The van der Waals surface area contributed by atoms with Crippen molar-refractivity contribution in [2.24, 2.45) is 0 Å². The van der Waals surface area contributed by atoms with Crippen molar-refractivity contribution in [1.29, 1.82) is 0 Å². The lowest BCUT2D eigenvalue weighted by Gasteiger charge is -2.11. The van der Waals surface area contributed by atoms with Gasteiger partial charge in [-0.2, -0.15) is 0 Å². The number of benzene rings is 1. The third-order valence-corrected chi connectivity index (χ3v) is 3.11. The molecule has 1 aliphatic rings. The average Bonchev–Trinajstić information content (AvgIpc) is 2.69. The van der Waals surface area contributed by atoms with E-state index >= 15 is 0 Å². The average molecular weight is 261 g/mol. The van der Waals surface area contributed by atoms with E-state index in [0.29, 0.717) is 6.42 Å². The van der Waals surface area contributed by atoms with Crippen molar-refractivity contribution in [3.63, 3.8) is 0 Å². The lowest BCUT2D eigenvalue weighted by molar-refractivity contribution is 0.0433. The zero-order valence-electron chi connectivity index (χ0n) is 9.17. The number of ketones is 1. The molecular formula is C12H11ClF2O2. The maximum atomic E-state index is 13.1. The number of Topliss-reactive ketones (excluding diaryl/α,β-unsaturated/α-hetero) is 1. The normalized spacial score (nSPS) is 24.0. The second kappa shape index (κ2) is 4.70. The van der Waals surface area contributed by atoms with Gasteiger partial charge in [0, 0.05) is 5.56 Å². The van der Waals surface area contributed by atoms with Gasteiger partial charge in [0.1, 0.15) is 6.10 Å². The van der Waals surface area contributed by atoms with E-state index in [4.69, 9.17) is 16.3 Å². The molecule has 17 heavy (non-hydrogen) atoms.